The van der Waals surface area contributed by atoms with Gasteiger partial charge in [-0.25, -0.2) is 0 Å². The van der Waals surface area contributed by atoms with Crippen LogP contribution in [0.25, 0.3) is 0 Å². The van der Waals surface area contributed by atoms with Crippen LogP contribution < -0.4 is 5.32 Å². The summed E-state index contributed by atoms with van der Waals surface area (Å²) in [5.41, 5.74) is 1.35. The highest BCUT2D eigenvalue weighted by Crippen LogP contribution is 2.19. The maximum absolute atomic E-state index is 12.7. The van der Waals surface area contributed by atoms with E-state index in [4.69, 9.17) is 0 Å². The fourth-order valence-electron chi connectivity index (χ4n) is 3.64. The van der Waals surface area contributed by atoms with Crippen molar-refractivity contribution >= 4 is 30.7 Å². The van der Waals surface area contributed by atoms with E-state index in [9.17, 15) is 4.79 Å². The number of benzene rings is 1. The zero-order valence-corrected chi connectivity index (χ0v) is 16.0. The van der Waals surface area contributed by atoms with Gasteiger partial charge in [0, 0.05) is 38.8 Å². The summed E-state index contributed by atoms with van der Waals surface area (Å²) in [6.07, 6.45) is 2.17. The van der Waals surface area contributed by atoms with E-state index in [1.807, 2.05) is 0 Å². The van der Waals surface area contributed by atoms with Crippen LogP contribution in [0, 0.1) is 5.92 Å². The molecule has 1 aromatic rings. The molecule has 1 amide bonds. The summed E-state index contributed by atoms with van der Waals surface area (Å²) in [5, 5.41) is 3.35. The van der Waals surface area contributed by atoms with Crippen molar-refractivity contribution in [3.63, 3.8) is 0 Å². The van der Waals surface area contributed by atoms with Crippen LogP contribution in [0.1, 0.15) is 25.3 Å². The molecule has 136 valence electrons. The standard InChI is InChI=1S/C18H27N3O.2ClH/c1-15-13-20(14-16-6-3-2-4-7-16)10-11-21(15)18(22)17-8-5-9-19-12-17;;/h2-4,6-7,15,17,19H,5,8-14H2,1H3;2*1H. The van der Waals surface area contributed by atoms with E-state index in [1.54, 1.807) is 0 Å². The molecule has 2 heterocycles. The first-order valence-electron chi connectivity index (χ1n) is 8.51. The lowest BCUT2D eigenvalue weighted by atomic mass is 9.97. The summed E-state index contributed by atoms with van der Waals surface area (Å²) in [6.45, 7) is 7.90. The van der Waals surface area contributed by atoms with E-state index in [1.165, 1.54) is 5.56 Å². The molecule has 0 aromatic heterocycles. The van der Waals surface area contributed by atoms with Gasteiger partial charge in [0.25, 0.3) is 0 Å². The lowest BCUT2D eigenvalue weighted by Crippen LogP contribution is -2.56. The Morgan fingerprint density at radius 1 is 1.21 bits per heavy atom. The second kappa shape index (κ2) is 10.2. The van der Waals surface area contributed by atoms with Crippen LogP contribution in [0.5, 0.6) is 0 Å². The highest BCUT2D eigenvalue weighted by atomic mass is 35.5. The van der Waals surface area contributed by atoms with Crippen molar-refractivity contribution in [1.82, 2.24) is 15.1 Å². The summed E-state index contributed by atoms with van der Waals surface area (Å²) >= 11 is 0. The zero-order chi connectivity index (χ0) is 15.4. The lowest BCUT2D eigenvalue weighted by molar-refractivity contribution is -0.140. The molecule has 4 nitrogen and oxygen atoms in total. The number of hydrogen-bond acceptors (Lipinski definition) is 3. The molecule has 3 rings (SSSR count). The molecule has 0 radical (unpaired) electrons. The summed E-state index contributed by atoms with van der Waals surface area (Å²) in [7, 11) is 0. The average molecular weight is 374 g/mol. The van der Waals surface area contributed by atoms with E-state index in [-0.39, 0.29) is 30.7 Å². The number of hydrogen-bond donors (Lipinski definition) is 1. The highest BCUT2D eigenvalue weighted by Gasteiger charge is 2.32. The normalized spacial score (nSPS) is 24.6. The van der Waals surface area contributed by atoms with Gasteiger partial charge in [-0.1, -0.05) is 30.3 Å². The molecule has 2 fully saturated rings. The minimum absolute atomic E-state index is 0. The van der Waals surface area contributed by atoms with E-state index in [0.717, 1.165) is 52.1 Å². The van der Waals surface area contributed by atoms with Crippen molar-refractivity contribution in [3.8, 4) is 0 Å². The Bertz CT molecular complexity index is 494. The quantitative estimate of drug-likeness (QED) is 0.884. The SMILES string of the molecule is CC1CN(Cc2ccccc2)CCN1C(=O)C1CCCNC1.Cl.Cl. The van der Waals surface area contributed by atoms with Crippen LogP contribution in [0.2, 0.25) is 0 Å². The predicted octanol–water partition coefficient (Wildman–Crippen LogP) is 2.56. The fraction of sp³-hybridized carbons (Fsp3) is 0.611. The Kier molecular flexibility index (Phi) is 9.06. The third-order valence-electron chi connectivity index (χ3n) is 4.89. The molecule has 0 aliphatic carbocycles. The minimum Gasteiger partial charge on any atom is -0.337 e. The van der Waals surface area contributed by atoms with Crippen LogP contribution in [-0.2, 0) is 11.3 Å². The van der Waals surface area contributed by atoms with Gasteiger partial charge >= 0.3 is 0 Å². The molecule has 24 heavy (non-hydrogen) atoms. The third kappa shape index (κ3) is 5.35. The number of piperidine rings is 1. The monoisotopic (exact) mass is 373 g/mol. The van der Waals surface area contributed by atoms with E-state index in [2.05, 4.69) is 52.4 Å². The van der Waals surface area contributed by atoms with Crippen molar-refractivity contribution in [2.45, 2.75) is 32.4 Å². The van der Waals surface area contributed by atoms with E-state index < -0.39 is 0 Å². The highest BCUT2D eigenvalue weighted by molar-refractivity contribution is 5.85. The van der Waals surface area contributed by atoms with E-state index >= 15 is 0 Å². The topological polar surface area (TPSA) is 35.6 Å². The smallest absolute Gasteiger partial charge is 0.227 e. The molecule has 2 unspecified atom stereocenters. The Labute approximate surface area is 157 Å². The Morgan fingerprint density at radius 2 is 1.96 bits per heavy atom. The van der Waals surface area contributed by atoms with Gasteiger partial charge in [0.05, 0.1) is 5.92 Å². The Hall–Kier alpha value is -0.810. The average Bonchev–Trinajstić information content (AvgIpc) is 2.56. The van der Waals surface area contributed by atoms with Crippen molar-refractivity contribution in [1.29, 1.82) is 0 Å². The van der Waals surface area contributed by atoms with Crippen LogP contribution in [-0.4, -0.2) is 54.5 Å². The second-order valence-electron chi connectivity index (χ2n) is 6.64. The molecule has 2 saturated heterocycles. The van der Waals surface area contributed by atoms with Gasteiger partial charge in [-0.3, -0.25) is 9.69 Å². The van der Waals surface area contributed by atoms with Crippen molar-refractivity contribution in [2.24, 2.45) is 5.92 Å². The molecule has 0 saturated carbocycles. The largest absolute Gasteiger partial charge is 0.337 e. The van der Waals surface area contributed by atoms with Crippen LogP contribution in [0.4, 0.5) is 0 Å². The maximum atomic E-state index is 12.7. The third-order valence-corrected chi connectivity index (χ3v) is 4.89. The van der Waals surface area contributed by atoms with E-state index in [0.29, 0.717) is 11.9 Å². The van der Waals surface area contributed by atoms with Crippen LogP contribution in [0.3, 0.4) is 0 Å². The first-order valence-corrected chi connectivity index (χ1v) is 8.51. The number of carbonyl (C=O) groups is 1. The Morgan fingerprint density at radius 3 is 2.58 bits per heavy atom. The van der Waals surface area contributed by atoms with Gasteiger partial charge in [0.15, 0.2) is 0 Å². The predicted molar refractivity (Wildman–Crippen MR) is 103 cm³/mol. The van der Waals surface area contributed by atoms with Crippen LogP contribution >= 0.6 is 24.8 Å². The van der Waals surface area contributed by atoms with Gasteiger partial charge in [-0.05, 0) is 31.9 Å². The maximum Gasteiger partial charge on any atom is 0.227 e. The minimum atomic E-state index is 0. The molecule has 6 heteroatoms. The number of amides is 1. The molecule has 1 N–H and O–H groups in total. The summed E-state index contributed by atoms with van der Waals surface area (Å²) < 4.78 is 0. The number of rotatable bonds is 3. The van der Waals surface area contributed by atoms with Gasteiger partial charge in [-0.15, -0.1) is 24.8 Å². The number of nitrogens with zero attached hydrogens (tertiary/aromatic N) is 2. The van der Waals surface area contributed by atoms with Crippen molar-refractivity contribution < 1.29 is 4.79 Å². The molecule has 0 bridgehead atoms. The molecule has 2 atom stereocenters. The van der Waals surface area contributed by atoms with Crippen molar-refractivity contribution in [3.05, 3.63) is 35.9 Å². The van der Waals surface area contributed by atoms with Gasteiger partial charge in [0.1, 0.15) is 0 Å². The van der Waals surface area contributed by atoms with Gasteiger partial charge in [-0.2, -0.15) is 0 Å². The number of halogens is 2. The molecule has 1 aromatic carbocycles. The summed E-state index contributed by atoms with van der Waals surface area (Å²) in [6, 6.07) is 10.9. The number of nitrogens with one attached hydrogen (secondary N) is 1. The summed E-state index contributed by atoms with van der Waals surface area (Å²) in [4.78, 5) is 17.3. The first kappa shape index (κ1) is 21.2. The van der Waals surface area contributed by atoms with Crippen molar-refractivity contribution in [2.75, 3.05) is 32.7 Å². The van der Waals surface area contributed by atoms with Crippen LogP contribution in [0.15, 0.2) is 30.3 Å². The van der Waals surface area contributed by atoms with Gasteiger partial charge < -0.3 is 10.2 Å². The molecule has 2 aliphatic heterocycles. The zero-order valence-electron chi connectivity index (χ0n) is 14.3. The second-order valence-corrected chi connectivity index (χ2v) is 6.64. The summed E-state index contributed by atoms with van der Waals surface area (Å²) in [5.74, 6) is 0.552. The van der Waals surface area contributed by atoms with Gasteiger partial charge in [0.2, 0.25) is 5.91 Å². The molecular formula is C18H29Cl2N3O. The first-order chi connectivity index (χ1) is 10.7. The Balaban J connectivity index is 0.00000144. The molecule has 0 spiro atoms. The molecular weight excluding hydrogens is 345 g/mol. The fourth-order valence-corrected chi connectivity index (χ4v) is 3.64. The lowest BCUT2D eigenvalue weighted by Gasteiger charge is -2.41. The number of piperazine rings is 1. The molecule has 2 aliphatic rings. The number of carbonyl (C=O) groups excluding carboxylic acids is 1.